The molecule has 0 unspecified atom stereocenters. The standard InChI is InChI=1S/C11H22/c1-5-10-7-6-9(2)8-11(10,3)4/h9-10H,5-8H2,1-4H3/t9-,10-/m1/s1. The van der Waals surface area contributed by atoms with E-state index in [1.54, 1.807) is 0 Å². The van der Waals surface area contributed by atoms with Gasteiger partial charge < -0.3 is 0 Å². The van der Waals surface area contributed by atoms with Gasteiger partial charge in [-0.2, -0.15) is 0 Å². The van der Waals surface area contributed by atoms with Crippen molar-refractivity contribution in [1.82, 2.24) is 0 Å². The fourth-order valence-electron chi connectivity index (χ4n) is 2.80. The molecule has 0 N–H and O–H groups in total. The maximum Gasteiger partial charge on any atom is -0.0323 e. The highest BCUT2D eigenvalue weighted by Crippen LogP contribution is 2.44. The number of rotatable bonds is 1. The van der Waals surface area contributed by atoms with Crippen LogP contribution in [0.15, 0.2) is 0 Å². The van der Waals surface area contributed by atoms with Crippen molar-refractivity contribution in [2.75, 3.05) is 0 Å². The molecule has 0 spiro atoms. The molecule has 1 saturated carbocycles. The fourth-order valence-corrected chi connectivity index (χ4v) is 2.80. The van der Waals surface area contributed by atoms with Gasteiger partial charge in [-0.05, 0) is 30.1 Å². The normalized spacial score (nSPS) is 37.1. The summed E-state index contributed by atoms with van der Waals surface area (Å²) >= 11 is 0. The molecule has 0 radical (unpaired) electrons. The summed E-state index contributed by atoms with van der Waals surface area (Å²) in [5.74, 6) is 1.95. The summed E-state index contributed by atoms with van der Waals surface area (Å²) in [5, 5.41) is 0. The van der Waals surface area contributed by atoms with Crippen LogP contribution >= 0.6 is 0 Å². The summed E-state index contributed by atoms with van der Waals surface area (Å²) in [5.41, 5.74) is 0.617. The van der Waals surface area contributed by atoms with Crippen LogP contribution in [0.2, 0.25) is 0 Å². The Hall–Kier alpha value is 0. The van der Waals surface area contributed by atoms with E-state index in [9.17, 15) is 0 Å². The highest BCUT2D eigenvalue weighted by molar-refractivity contribution is 4.84. The van der Waals surface area contributed by atoms with E-state index in [1.165, 1.54) is 25.7 Å². The molecule has 1 aliphatic rings. The van der Waals surface area contributed by atoms with E-state index in [4.69, 9.17) is 0 Å². The molecule has 0 heterocycles. The molecule has 0 bridgehead atoms. The van der Waals surface area contributed by atoms with Crippen LogP contribution in [0, 0.1) is 17.3 Å². The number of hydrogen-bond donors (Lipinski definition) is 0. The second kappa shape index (κ2) is 3.16. The fraction of sp³-hybridized carbons (Fsp3) is 1.00. The van der Waals surface area contributed by atoms with Crippen LogP contribution < -0.4 is 0 Å². The monoisotopic (exact) mass is 154 g/mol. The van der Waals surface area contributed by atoms with Crippen molar-refractivity contribution >= 4 is 0 Å². The molecule has 11 heavy (non-hydrogen) atoms. The van der Waals surface area contributed by atoms with E-state index in [1.807, 2.05) is 0 Å². The molecule has 66 valence electrons. The average molecular weight is 154 g/mol. The maximum absolute atomic E-state index is 2.44. The van der Waals surface area contributed by atoms with Gasteiger partial charge in [-0.25, -0.2) is 0 Å². The Kier molecular flexibility index (Phi) is 2.61. The first-order chi connectivity index (χ1) is 5.06. The van der Waals surface area contributed by atoms with Gasteiger partial charge in [0.1, 0.15) is 0 Å². The summed E-state index contributed by atoms with van der Waals surface area (Å²) in [4.78, 5) is 0. The minimum atomic E-state index is 0.617. The van der Waals surface area contributed by atoms with Crippen LogP contribution in [0.25, 0.3) is 0 Å². The van der Waals surface area contributed by atoms with Crippen LogP contribution in [0.1, 0.15) is 53.4 Å². The zero-order valence-electron chi connectivity index (χ0n) is 8.48. The van der Waals surface area contributed by atoms with Crippen molar-refractivity contribution in [2.24, 2.45) is 17.3 Å². The molecule has 0 amide bonds. The van der Waals surface area contributed by atoms with E-state index < -0.39 is 0 Å². The summed E-state index contributed by atoms with van der Waals surface area (Å²) in [6.07, 6.45) is 5.73. The molecule has 1 aliphatic carbocycles. The van der Waals surface area contributed by atoms with E-state index in [0.717, 1.165) is 11.8 Å². The Bertz CT molecular complexity index is 124. The zero-order valence-corrected chi connectivity index (χ0v) is 8.48. The summed E-state index contributed by atoms with van der Waals surface area (Å²) in [6, 6.07) is 0. The smallest absolute Gasteiger partial charge is 0.0323 e. The molecular formula is C11H22. The first-order valence-electron chi connectivity index (χ1n) is 5.06. The lowest BCUT2D eigenvalue weighted by molar-refractivity contribution is 0.0984. The molecule has 0 saturated heterocycles. The Morgan fingerprint density at radius 1 is 1.27 bits per heavy atom. The van der Waals surface area contributed by atoms with Crippen molar-refractivity contribution < 1.29 is 0 Å². The summed E-state index contributed by atoms with van der Waals surface area (Å²) in [7, 11) is 0. The molecule has 0 nitrogen and oxygen atoms in total. The molecule has 1 fully saturated rings. The van der Waals surface area contributed by atoms with Gasteiger partial charge in [0.2, 0.25) is 0 Å². The molecule has 0 aromatic heterocycles. The van der Waals surface area contributed by atoms with E-state index in [0.29, 0.717) is 5.41 Å². The maximum atomic E-state index is 2.44. The molecule has 0 aliphatic heterocycles. The third kappa shape index (κ3) is 1.98. The minimum Gasteiger partial charge on any atom is -0.0651 e. The van der Waals surface area contributed by atoms with Gasteiger partial charge in [-0.1, -0.05) is 40.5 Å². The van der Waals surface area contributed by atoms with Gasteiger partial charge >= 0.3 is 0 Å². The molecule has 0 aromatic rings. The molecule has 0 heteroatoms. The topological polar surface area (TPSA) is 0 Å². The average Bonchev–Trinajstić information content (AvgIpc) is 1.85. The van der Waals surface area contributed by atoms with Crippen LogP contribution in [-0.4, -0.2) is 0 Å². The lowest BCUT2D eigenvalue weighted by Gasteiger charge is -2.41. The van der Waals surface area contributed by atoms with Gasteiger partial charge in [0.25, 0.3) is 0 Å². The van der Waals surface area contributed by atoms with Gasteiger partial charge in [-0.15, -0.1) is 0 Å². The lowest BCUT2D eigenvalue weighted by atomic mass is 9.65. The summed E-state index contributed by atoms with van der Waals surface area (Å²) in [6.45, 7) is 9.61. The predicted molar refractivity (Wildman–Crippen MR) is 50.6 cm³/mol. The Morgan fingerprint density at radius 3 is 2.36 bits per heavy atom. The molecule has 0 aromatic carbocycles. The van der Waals surface area contributed by atoms with Crippen molar-refractivity contribution in [3.63, 3.8) is 0 Å². The first-order valence-corrected chi connectivity index (χ1v) is 5.06. The summed E-state index contributed by atoms with van der Waals surface area (Å²) < 4.78 is 0. The Morgan fingerprint density at radius 2 is 1.91 bits per heavy atom. The highest BCUT2D eigenvalue weighted by Gasteiger charge is 2.33. The van der Waals surface area contributed by atoms with E-state index in [-0.39, 0.29) is 0 Å². The molecular weight excluding hydrogens is 132 g/mol. The number of hydrogen-bond acceptors (Lipinski definition) is 0. The quantitative estimate of drug-likeness (QED) is 0.538. The van der Waals surface area contributed by atoms with Crippen LogP contribution in [0.4, 0.5) is 0 Å². The lowest BCUT2D eigenvalue weighted by Crippen LogP contribution is -2.30. The Balaban J connectivity index is 2.56. The highest BCUT2D eigenvalue weighted by atomic mass is 14.4. The first kappa shape index (κ1) is 9.09. The molecule has 2 atom stereocenters. The SMILES string of the molecule is CC[C@@H]1CC[C@@H](C)CC1(C)C. The van der Waals surface area contributed by atoms with Crippen molar-refractivity contribution in [3.8, 4) is 0 Å². The van der Waals surface area contributed by atoms with Crippen LogP contribution in [-0.2, 0) is 0 Å². The van der Waals surface area contributed by atoms with Gasteiger partial charge in [0, 0.05) is 0 Å². The van der Waals surface area contributed by atoms with Gasteiger partial charge in [0.15, 0.2) is 0 Å². The van der Waals surface area contributed by atoms with E-state index in [2.05, 4.69) is 27.7 Å². The minimum absolute atomic E-state index is 0.617. The second-order valence-electron chi connectivity index (χ2n) is 4.98. The predicted octanol–water partition coefficient (Wildman–Crippen LogP) is 3.86. The van der Waals surface area contributed by atoms with Crippen LogP contribution in [0.5, 0.6) is 0 Å². The van der Waals surface area contributed by atoms with Gasteiger partial charge in [0.05, 0.1) is 0 Å². The van der Waals surface area contributed by atoms with Crippen molar-refractivity contribution in [2.45, 2.75) is 53.4 Å². The van der Waals surface area contributed by atoms with Gasteiger partial charge in [-0.3, -0.25) is 0 Å². The Labute approximate surface area is 71.4 Å². The zero-order chi connectivity index (χ0) is 8.48. The largest absolute Gasteiger partial charge is 0.0651 e. The molecule has 1 rings (SSSR count). The second-order valence-corrected chi connectivity index (χ2v) is 4.98. The van der Waals surface area contributed by atoms with Crippen LogP contribution in [0.3, 0.4) is 0 Å². The van der Waals surface area contributed by atoms with Crippen molar-refractivity contribution in [1.29, 1.82) is 0 Å². The third-order valence-corrected chi connectivity index (χ3v) is 3.48. The van der Waals surface area contributed by atoms with Crippen molar-refractivity contribution in [3.05, 3.63) is 0 Å². The van der Waals surface area contributed by atoms with E-state index >= 15 is 0 Å². The third-order valence-electron chi connectivity index (χ3n) is 3.48.